The first-order valence-corrected chi connectivity index (χ1v) is 9.28. The van der Waals surface area contributed by atoms with Gasteiger partial charge in [0.15, 0.2) is 0 Å². The van der Waals surface area contributed by atoms with E-state index in [0.29, 0.717) is 29.6 Å². The molecule has 1 fully saturated rings. The maximum absolute atomic E-state index is 12.2. The number of benzene rings is 2. The van der Waals surface area contributed by atoms with Crippen molar-refractivity contribution in [1.82, 2.24) is 4.90 Å². The van der Waals surface area contributed by atoms with Gasteiger partial charge in [0, 0.05) is 29.7 Å². The Kier molecular flexibility index (Phi) is 5.88. The van der Waals surface area contributed by atoms with E-state index in [-0.39, 0.29) is 13.0 Å². The van der Waals surface area contributed by atoms with Gasteiger partial charge in [0.2, 0.25) is 0 Å². The van der Waals surface area contributed by atoms with Crippen LogP contribution in [0.25, 0.3) is 0 Å². The first-order valence-electron chi connectivity index (χ1n) is 8.52. The zero-order valence-corrected chi connectivity index (χ0v) is 15.7. The zero-order valence-electron chi connectivity index (χ0n) is 14.2. The van der Waals surface area contributed by atoms with Crippen LogP contribution in [0.4, 0.5) is 0 Å². The van der Waals surface area contributed by atoms with Crippen molar-refractivity contribution in [3.8, 4) is 0 Å². The van der Waals surface area contributed by atoms with Crippen LogP contribution in [0.15, 0.2) is 48.5 Å². The molecule has 0 spiro atoms. The zero-order chi connectivity index (χ0) is 18.7. The molecule has 0 bridgehead atoms. The van der Waals surface area contributed by atoms with Gasteiger partial charge < -0.3 is 10.2 Å². The molecule has 1 heterocycles. The number of halogens is 2. The smallest absolute Gasteiger partial charge is 0.313 e. The molecule has 0 aromatic heterocycles. The van der Waals surface area contributed by atoms with E-state index in [1.807, 2.05) is 41.3 Å². The molecule has 2 aromatic carbocycles. The fourth-order valence-electron chi connectivity index (χ4n) is 3.61. The first-order chi connectivity index (χ1) is 12.4. The number of aliphatic hydroxyl groups excluding tert-OH is 1. The van der Waals surface area contributed by atoms with Crippen molar-refractivity contribution in [3.63, 3.8) is 0 Å². The van der Waals surface area contributed by atoms with Crippen LogP contribution in [-0.2, 0) is 17.8 Å². The molecule has 3 rings (SSSR count). The predicted octanol–water partition coefficient (Wildman–Crippen LogP) is 3.87. The Hall–Kier alpha value is -1.59. The van der Waals surface area contributed by atoms with Crippen molar-refractivity contribution in [2.45, 2.75) is 25.5 Å². The second-order valence-corrected chi connectivity index (χ2v) is 7.72. The Morgan fingerprint density at radius 3 is 2.58 bits per heavy atom. The number of rotatable bonds is 5. The molecule has 2 N–H and O–H groups in total. The second kappa shape index (κ2) is 7.97. The van der Waals surface area contributed by atoms with Gasteiger partial charge in [0.1, 0.15) is 5.41 Å². The summed E-state index contributed by atoms with van der Waals surface area (Å²) in [7, 11) is 0. The Labute approximate surface area is 163 Å². The average molecular weight is 394 g/mol. The van der Waals surface area contributed by atoms with Crippen LogP contribution in [0.1, 0.15) is 17.5 Å². The lowest BCUT2D eigenvalue weighted by atomic mass is 9.72. The van der Waals surface area contributed by atoms with Gasteiger partial charge in [-0.1, -0.05) is 59.6 Å². The summed E-state index contributed by atoms with van der Waals surface area (Å²) in [6.07, 6.45) is -0.198. The highest BCUT2D eigenvalue weighted by Crippen LogP contribution is 2.36. The molecule has 1 aliphatic heterocycles. The maximum atomic E-state index is 12.2. The Morgan fingerprint density at radius 2 is 1.92 bits per heavy atom. The van der Waals surface area contributed by atoms with E-state index in [0.717, 1.165) is 11.1 Å². The van der Waals surface area contributed by atoms with Crippen LogP contribution in [0.2, 0.25) is 10.0 Å². The molecule has 0 amide bonds. The molecule has 6 heteroatoms. The SMILES string of the molecule is O=C(O)[C@]1(Cc2ccccc2)CN(Cc2ccc(Cl)cc2Cl)CC[C@@H]1O. The molecular weight excluding hydrogens is 373 g/mol. The van der Waals surface area contributed by atoms with Crippen molar-refractivity contribution in [2.75, 3.05) is 13.1 Å². The molecule has 1 saturated heterocycles. The van der Waals surface area contributed by atoms with Crippen molar-refractivity contribution in [3.05, 3.63) is 69.7 Å². The van der Waals surface area contributed by atoms with Crippen LogP contribution in [0.3, 0.4) is 0 Å². The lowest BCUT2D eigenvalue weighted by Crippen LogP contribution is -2.56. The lowest BCUT2D eigenvalue weighted by Gasteiger charge is -2.43. The standard InChI is InChI=1S/C20H21Cl2NO3/c21-16-7-6-15(17(22)10-16)12-23-9-8-18(24)20(13-23,19(25)26)11-14-4-2-1-3-5-14/h1-7,10,18,24H,8-9,11-13H2,(H,25,26)/t18-,20+/m0/s1. The minimum atomic E-state index is -1.24. The van der Waals surface area contributed by atoms with Gasteiger partial charge in [0.05, 0.1) is 6.10 Å². The molecule has 0 unspecified atom stereocenters. The highest BCUT2D eigenvalue weighted by molar-refractivity contribution is 6.35. The molecule has 0 aliphatic carbocycles. The van der Waals surface area contributed by atoms with E-state index in [1.54, 1.807) is 12.1 Å². The highest BCUT2D eigenvalue weighted by Gasteiger charge is 2.49. The number of carboxylic acids is 1. The van der Waals surface area contributed by atoms with Crippen LogP contribution in [0, 0.1) is 5.41 Å². The summed E-state index contributed by atoms with van der Waals surface area (Å²) in [5.41, 5.74) is 0.560. The minimum Gasteiger partial charge on any atom is -0.481 e. The Balaban J connectivity index is 1.83. The summed E-state index contributed by atoms with van der Waals surface area (Å²) in [5, 5.41) is 21.7. The fourth-order valence-corrected chi connectivity index (χ4v) is 4.08. The summed E-state index contributed by atoms with van der Waals surface area (Å²) >= 11 is 12.2. The van der Waals surface area contributed by atoms with E-state index in [1.165, 1.54) is 0 Å². The number of hydrogen-bond donors (Lipinski definition) is 2. The summed E-state index contributed by atoms with van der Waals surface area (Å²) in [6.45, 7) is 1.40. The molecule has 2 aromatic rings. The van der Waals surface area contributed by atoms with E-state index < -0.39 is 17.5 Å². The Bertz CT molecular complexity index is 784. The van der Waals surface area contributed by atoms with Gasteiger partial charge in [-0.15, -0.1) is 0 Å². The van der Waals surface area contributed by atoms with E-state index in [9.17, 15) is 15.0 Å². The number of aliphatic carboxylic acids is 1. The number of likely N-dealkylation sites (tertiary alicyclic amines) is 1. The molecule has 1 aliphatic rings. The van der Waals surface area contributed by atoms with Gasteiger partial charge in [-0.05, 0) is 36.1 Å². The summed E-state index contributed by atoms with van der Waals surface area (Å²) in [5.74, 6) is -0.972. The van der Waals surface area contributed by atoms with Gasteiger partial charge in [-0.3, -0.25) is 9.69 Å². The van der Waals surface area contributed by atoms with Gasteiger partial charge in [-0.25, -0.2) is 0 Å². The normalized spacial score (nSPS) is 23.7. The largest absolute Gasteiger partial charge is 0.481 e. The third-order valence-electron chi connectivity index (χ3n) is 5.06. The summed E-state index contributed by atoms with van der Waals surface area (Å²) in [4.78, 5) is 14.2. The molecule has 138 valence electrons. The van der Waals surface area contributed by atoms with Crippen LogP contribution in [-0.4, -0.2) is 40.3 Å². The number of piperidine rings is 1. The predicted molar refractivity (Wildman–Crippen MR) is 103 cm³/mol. The third-order valence-corrected chi connectivity index (χ3v) is 5.65. The monoisotopic (exact) mass is 393 g/mol. The van der Waals surface area contributed by atoms with Gasteiger partial charge >= 0.3 is 5.97 Å². The number of carbonyl (C=O) groups is 1. The molecule has 0 saturated carbocycles. The number of carboxylic acid groups (broad SMARTS) is 1. The lowest BCUT2D eigenvalue weighted by molar-refractivity contribution is -0.163. The third kappa shape index (κ3) is 4.04. The van der Waals surface area contributed by atoms with Crippen LogP contribution in [0.5, 0.6) is 0 Å². The quantitative estimate of drug-likeness (QED) is 0.808. The van der Waals surface area contributed by atoms with Crippen molar-refractivity contribution in [1.29, 1.82) is 0 Å². The number of hydrogen-bond acceptors (Lipinski definition) is 3. The molecule has 2 atom stereocenters. The molecule has 0 radical (unpaired) electrons. The van der Waals surface area contributed by atoms with Crippen molar-refractivity contribution >= 4 is 29.2 Å². The van der Waals surface area contributed by atoms with Crippen molar-refractivity contribution < 1.29 is 15.0 Å². The number of aliphatic hydroxyl groups is 1. The minimum absolute atomic E-state index is 0.261. The average Bonchev–Trinajstić information content (AvgIpc) is 2.61. The van der Waals surface area contributed by atoms with Crippen LogP contribution < -0.4 is 0 Å². The van der Waals surface area contributed by atoms with Crippen molar-refractivity contribution in [2.24, 2.45) is 5.41 Å². The molecular formula is C20H21Cl2NO3. The van der Waals surface area contributed by atoms with Gasteiger partial charge in [-0.2, -0.15) is 0 Å². The highest BCUT2D eigenvalue weighted by atomic mass is 35.5. The molecule has 4 nitrogen and oxygen atoms in total. The second-order valence-electron chi connectivity index (χ2n) is 6.87. The first kappa shape index (κ1) is 19.2. The number of nitrogens with zero attached hydrogens (tertiary/aromatic N) is 1. The van der Waals surface area contributed by atoms with Gasteiger partial charge in [0.25, 0.3) is 0 Å². The molecule has 26 heavy (non-hydrogen) atoms. The summed E-state index contributed by atoms with van der Waals surface area (Å²) < 4.78 is 0. The van der Waals surface area contributed by atoms with E-state index in [4.69, 9.17) is 23.2 Å². The topological polar surface area (TPSA) is 60.8 Å². The maximum Gasteiger partial charge on any atom is 0.313 e. The van der Waals surface area contributed by atoms with E-state index >= 15 is 0 Å². The van der Waals surface area contributed by atoms with E-state index in [2.05, 4.69) is 0 Å². The summed E-state index contributed by atoms with van der Waals surface area (Å²) in [6, 6.07) is 14.8. The Morgan fingerprint density at radius 1 is 1.19 bits per heavy atom. The van der Waals surface area contributed by atoms with Crippen LogP contribution >= 0.6 is 23.2 Å². The fraction of sp³-hybridized carbons (Fsp3) is 0.350.